The molecule has 2 aliphatic rings. The number of carbonyl (C=O) groups is 3. The number of nitrogens with zero attached hydrogens (tertiary/aromatic N) is 2. The van der Waals surface area contributed by atoms with Crippen LogP contribution in [0.1, 0.15) is 12.0 Å². The van der Waals surface area contributed by atoms with Gasteiger partial charge in [-0.3, -0.25) is 19.3 Å². The third-order valence-electron chi connectivity index (χ3n) is 4.98. The van der Waals surface area contributed by atoms with Gasteiger partial charge in [0.15, 0.2) is 0 Å². The third-order valence-corrected chi connectivity index (χ3v) is 4.98. The summed E-state index contributed by atoms with van der Waals surface area (Å²) in [4.78, 5) is 40.0. The van der Waals surface area contributed by atoms with Gasteiger partial charge in [0.25, 0.3) is 0 Å². The second kappa shape index (κ2) is 9.36. The number of hydrogen-bond acceptors (Lipinski definition) is 5. The van der Waals surface area contributed by atoms with Crippen molar-refractivity contribution in [1.82, 2.24) is 20.4 Å². The summed E-state index contributed by atoms with van der Waals surface area (Å²) in [6, 6.07) is 7.17. The summed E-state index contributed by atoms with van der Waals surface area (Å²) in [7, 11) is 1.63. The fourth-order valence-corrected chi connectivity index (χ4v) is 3.47. The number of ether oxygens (including phenoxy) is 1. The third kappa shape index (κ3) is 4.89. The number of methoxy groups -OCH3 is 1. The van der Waals surface area contributed by atoms with Crippen LogP contribution < -0.4 is 15.4 Å². The molecule has 0 saturated carbocycles. The normalized spacial score (nSPS) is 20.8. The van der Waals surface area contributed by atoms with Gasteiger partial charge in [-0.15, -0.1) is 0 Å². The van der Waals surface area contributed by atoms with Crippen molar-refractivity contribution >= 4 is 23.8 Å². The minimum atomic E-state index is -0.534. The van der Waals surface area contributed by atoms with Crippen molar-refractivity contribution in [2.24, 2.45) is 0 Å². The van der Waals surface area contributed by atoms with Crippen LogP contribution in [0.2, 0.25) is 0 Å². The van der Waals surface area contributed by atoms with E-state index in [-0.39, 0.29) is 30.7 Å². The molecule has 2 N–H and O–H groups in total. The zero-order valence-corrected chi connectivity index (χ0v) is 16.0. The van der Waals surface area contributed by atoms with Crippen molar-refractivity contribution in [3.05, 3.63) is 35.9 Å². The van der Waals surface area contributed by atoms with Gasteiger partial charge in [-0.2, -0.15) is 0 Å². The first-order valence-corrected chi connectivity index (χ1v) is 9.44. The number of piperazine rings is 2. The largest absolute Gasteiger partial charge is 0.496 e. The molecular weight excluding hydrogens is 360 g/mol. The highest BCUT2D eigenvalue weighted by molar-refractivity contribution is 5.91. The molecule has 150 valence electrons. The highest BCUT2D eigenvalue weighted by Gasteiger charge is 2.33. The molecular formula is C20H26N4O4. The highest BCUT2D eigenvalue weighted by Crippen LogP contribution is 2.19. The van der Waals surface area contributed by atoms with E-state index in [0.29, 0.717) is 32.7 Å². The Bertz CT molecular complexity index is 764. The smallest absolute Gasteiger partial charge is 0.239 e. The first kappa shape index (κ1) is 19.9. The van der Waals surface area contributed by atoms with Gasteiger partial charge < -0.3 is 20.3 Å². The molecule has 2 aliphatic heterocycles. The Morgan fingerprint density at radius 3 is 2.79 bits per heavy atom. The average molecular weight is 386 g/mol. The van der Waals surface area contributed by atoms with E-state index in [0.717, 1.165) is 11.3 Å². The van der Waals surface area contributed by atoms with Crippen LogP contribution in [0.25, 0.3) is 6.08 Å². The Labute approximate surface area is 164 Å². The van der Waals surface area contributed by atoms with Gasteiger partial charge >= 0.3 is 0 Å². The molecule has 1 atom stereocenters. The molecule has 2 fully saturated rings. The van der Waals surface area contributed by atoms with E-state index in [1.807, 2.05) is 41.3 Å². The Morgan fingerprint density at radius 1 is 1.21 bits per heavy atom. The van der Waals surface area contributed by atoms with Crippen LogP contribution in [-0.2, 0) is 14.4 Å². The lowest BCUT2D eigenvalue weighted by atomic mass is 10.1. The second-order valence-corrected chi connectivity index (χ2v) is 6.82. The molecule has 0 spiro atoms. The average Bonchev–Trinajstić information content (AvgIpc) is 2.70. The maximum atomic E-state index is 12.6. The van der Waals surface area contributed by atoms with Crippen molar-refractivity contribution in [2.75, 3.05) is 46.4 Å². The molecule has 1 aromatic carbocycles. The number of nitrogens with one attached hydrogen (secondary N) is 2. The van der Waals surface area contributed by atoms with E-state index in [1.165, 1.54) is 4.90 Å². The molecule has 1 aromatic rings. The fourth-order valence-electron chi connectivity index (χ4n) is 3.47. The van der Waals surface area contributed by atoms with E-state index in [1.54, 1.807) is 7.11 Å². The monoisotopic (exact) mass is 386 g/mol. The summed E-state index contributed by atoms with van der Waals surface area (Å²) in [6.45, 7) is 2.75. The Morgan fingerprint density at radius 2 is 2.00 bits per heavy atom. The first-order chi connectivity index (χ1) is 13.6. The predicted molar refractivity (Wildman–Crippen MR) is 105 cm³/mol. The van der Waals surface area contributed by atoms with Gasteiger partial charge in [-0.25, -0.2) is 0 Å². The molecule has 8 heteroatoms. The summed E-state index contributed by atoms with van der Waals surface area (Å²) in [5.41, 5.74) is 0.957. The fraction of sp³-hybridized carbons (Fsp3) is 0.450. The Balaban J connectivity index is 1.63. The number of rotatable bonds is 6. The van der Waals surface area contributed by atoms with Crippen LogP contribution in [-0.4, -0.2) is 79.9 Å². The van der Waals surface area contributed by atoms with Gasteiger partial charge in [0.05, 0.1) is 26.1 Å². The Kier molecular flexibility index (Phi) is 6.65. The van der Waals surface area contributed by atoms with Crippen LogP contribution in [0.4, 0.5) is 0 Å². The quantitative estimate of drug-likeness (QED) is 0.710. The molecule has 0 radical (unpaired) electrons. The van der Waals surface area contributed by atoms with Crippen molar-refractivity contribution in [3.8, 4) is 5.75 Å². The van der Waals surface area contributed by atoms with Gasteiger partial charge in [-0.1, -0.05) is 30.4 Å². The molecule has 2 saturated heterocycles. The molecule has 28 heavy (non-hydrogen) atoms. The summed E-state index contributed by atoms with van der Waals surface area (Å²) in [6.07, 6.45) is 4.00. The second-order valence-electron chi connectivity index (χ2n) is 6.82. The van der Waals surface area contributed by atoms with E-state index in [2.05, 4.69) is 10.6 Å². The SMILES string of the molecule is COc1ccccc1/C=C/CN1CCNC(=O)[C@@H]1CC(=O)N1CCNC(=O)C1. The predicted octanol–water partition coefficient (Wildman–Crippen LogP) is -0.143. The zero-order valence-electron chi connectivity index (χ0n) is 16.0. The molecule has 0 bridgehead atoms. The van der Waals surface area contributed by atoms with E-state index in [4.69, 9.17) is 4.74 Å². The van der Waals surface area contributed by atoms with Crippen LogP contribution in [0.3, 0.4) is 0 Å². The Hall–Kier alpha value is -2.87. The first-order valence-electron chi connectivity index (χ1n) is 9.44. The van der Waals surface area contributed by atoms with Crippen LogP contribution in [0.15, 0.2) is 30.3 Å². The summed E-state index contributed by atoms with van der Waals surface area (Å²) in [5, 5.41) is 5.53. The number of hydrogen-bond donors (Lipinski definition) is 2. The van der Waals surface area contributed by atoms with Crippen molar-refractivity contribution in [3.63, 3.8) is 0 Å². The lowest BCUT2D eigenvalue weighted by Crippen LogP contribution is -2.57. The summed E-state index contributed by atoms with van der Waals surface area (Å²) >= 11 is 0. The lowest BCUT2D eigenvalue weighted by molar-refractivity contribution is -0.142. The highest BCUT2D eigenvalue weighted by atomic mass is 16.5. The van der Waals surface area contributed by atoms with E-state index >= 15 is 0 Å². The summed E-state index contributed by atoms with van der Waals surface area (Å²) in [5.74, 6) is 0.303. The molecule has 3 amide bonds. The van der Waals surface area contributed by atoms with Crippen LogP contribution in [0.5, 0.6) is 5.75 Å². The number of para-hydroxylation sites is 1. The van der Waals surface area contributed by atoms with Gasteiger partial charge in [-0.05, 0) is 6.07 Å². The van der Waals surface area contributed by atoms with E-state index in [9.17, 15) is 14.4 Å². The number of benzene rings is 1. The van der Waals surface area contributed by atoms with Crippen LogP contribution >= 0.6 is 0 Å². The number of carbonyl (C=O) groups excluding carboxylic acids is 3. The minimum Gasteiger partial charge on any atom is -0.496 e. The molecule has 8 nitrogen and oxygen atoms in total. The summed E-state index contributed by atoms with van der Waals surface area (Å²) < 4.78 is 5.34. The topological polar surface area (TPSA) is 91.0 Å². The van der Waals surface area contributed by atoms with Gasteiger partial charge in [0.1, 0.15) is 5.75 Å². The molecule has 0 unspecified atom stereocenters. The van der Waals surface area contributed by atoms with Crippen molar-refractivity contribution < 1.29 is 19.1 Å². The maximum absolute atomic E-state index is 12.6. The zero-order chi connectivity index (χ0) is 19.9. The molecule has 0 aliphatic carbocycles. The van der Waals surface area contributed by atoms with Crippen molar-refractivity contribution in [2.45, 2.75) is 12.5 Å². The van der Waals surface area contributed by atoms with Crippen LogP contribution in [0, 0.1) is 0 Å². The standard InChI is InChI=1S/C20H26N4O4/c1-28-17-7-3-2-5-15(17)6-4-10-23-11-9-22-20(27)16(23)13-19(26)24-12-8-21-18(25)14-24/h2-7,16H,8-14H2,1H3,(H,21,25)(H,22,27)/b6-4+/t16-/m0/s1. The number of amides is 3. The van der Waals surface area contributed by atoms with Gasteiger partial charge in [0, 0.05) is 38.3 Å². The van der Waals surface area contributed by atoms with E-state index < -0.39 is 6.04 Å². The lowest BCUT2D eigenvalue weighted by Gasteiger charge is -2.35. The van der Waals surface area contributed by atoms with Crippen molar-refractivity contribution in [1.29, 1.82) is 0 Å². The maximum Gasteiger partial charge on any atom is 0.239 e. The molecule has 0 aromatic heterocycles. The molecule has 2 heterocycles. The minimum absolute atomic E-state index is 0.0564. The molecule has 3 rings (SSSR count). The van der Waals surface area contributed by atoms with Gasteiger partial charge in [0.2, 0.25) is 17.7 Å².